The van der Waals surface area contributed by atoms with Crippen LogP contribution in [0.25, 0.3) is 0 Å². The number of carbonyl (C=O) groups excluding carboxylic acids is 1. The molecule has 1 aliphatic rings. The third-order valence-corrected chi connectivity index (χ3v) is 3.35. The Kier molecular flexibility index (Phi) is 3.34. The third-order valence-electron chi connectivity index (χ3n) is 3.35. The van der Waals surface area contributed by atoms with Gasteiger partial charge in [-0.15, -0.1) is 0 Å². The van der Waals surface area contributed by atoms with Crippen molar-refractivity contribution in [1.82, 2.24) is 0 Å². The Balaban J connectivity index is 2.42. The quantitative estimate of drug-likeness (QED) is 0.839. The van der Waals surface area contributed by atoms with Crippen molar-refractivity contribution in [2.75, 3.05) is 6.61 Å². The van der Waals surface area contributed by atoms with Gasteiger partial charge in [0, 0.05) is 11.6 Å². The highest BCUT2D eigenvalue weighted by molar-refractivity contribution is 5.85. The lowest BCUT2D eigenvalue weighted by atomic mass is 9.61. The summed E-state index contributed by atoms with van der Waals surface area (Å²) < 4.78 is 32.0. The zero-order valence-corrected chi connectivity index (χ0v) is 10.1. The topological polar surface area (TPSA) is 52.3 Å². The molecule has 0 heterocycles. The van der Waals surface area contributed by atoms with Crippen molar-refractivity contribution in [3.8, 4) is 0 Å². The number of halogens is 2. The van der Waals surface area contributed by atoms with Gasteiger partial charge in [0.05, 0.1) is 12.0 Å². The Morgan fingerprint density at radius 2 is 2.17 bits per heavy atom. The van der Waals surface area contributed by atoms with Crippen molar-refractivity contribution in [2.45, 2.75) is 31.2 Å². The molecule has 0 spiro atoms. The summed E-state index contributed by atoms with van der Waals surface area (Å²) in [5, 5.41) is 0. The molecular formula is C13H15F2NO2. The summed E-state index contributed by atoms with van der Waals surface area (Å²) in [5.74, 6) is -2.48. The van der Waals surface area contributed by atoms with E-state index >= 15 is 0 Å². The average molecular weight is 255 g/mol. The van der Waals surface area contributed by atoms with Crippen molar-refractivity contribution >= 4 is 5.97 Å². The molecule has 3 nitrogen and oxygen atoms in total. The second-order valence-corrected chi connectivity index (χ2v) is 4.57. The van der Waals surface area contributed by atoms with Gasteiger partial charge in [0.15, 0.2) is 11.6 Å². The minimum atomic E-state index is -1.12. The van der Waals surface area contributed by atoms with Gasteiger partial charge in [0.2, 0.25) is 0 Å². The van der Waals surface area contributed by atoms with Crippen LogP contribution in [0, 0.1) is 11.6 Å². The predicted molar refractivity (Wildman–Crippen MR) is 61.9 cm³/mol. The van der Waals surface area contributed by atoms with Crippen LogP contribution in [-0.2, 0) is 14.9 Å². The van der Waals surface area contributed by atoms with E-state index in [4.69, 9.17) is 10.5 Å². The molecule has 1 aliphatic carbocycles. The van der Waals surface area contributed by atoms with E-state index in [1.165, 1.54) is 12.1 Å². The van der Waals surface area contributed by atoms with E-state index in [1.54, 1.807) is 6.92 Å². The van der Waals surface area contributed by atoms with Crippen LogP contribution in [0.3, 0.4) is 0 Å². The summed E-state index contributed by atoms with van der Waals surface area (Å²) in [6, 6.07) is 3.65. The molecule has 0 unspecified atom stereocenters. The highest BCUT2D eigenvalue weighted by Crippen LogP contribution is 2.45. The molecule has 0 amide bonds. The zero-order valence-electron chi connectivity index (χ0n) is 10.1. The van der Waals surface area contributed by atoms with Crippen LogP contribution in [0.2, 0.25) is 0 Å². The van der Waals surface area contributed by atoms with Crippen molar-refractivity contribution < 1.29 is 18.3 Å². The lowest BCUT2D eigenvalue weighted by Gasteiger charge is -2.44. The maximum atomic E-state index is 13.8. The largest absolute Gasteiger partial charge is 0.465 e. The van der Waals surface area contributed by atoms with Crippen LogP contribution >= 0.6 is 0 Å². The normalized spacial score (nSPS) is 26.6. The standard InChI is InChI=1S/C13H15F2NO2/c1-2-18-12(17)13(6-8(16)7-13)9-4-3-5-10(14)11(9)15/h3-5,8H,2,6-7,16H2,1H3. The molecule has 5 heteroatoms. The Morgan fingerprint density at radius 1 is 1.50 bits per heavy atom. The van der Waals surface area contributed by atoms with E-state index in [0.29, 0.717) is 0 Å². The molecule has 1 aromatic carbocycles. The summed E-state index contributed by atoms with van der Waals surface area (Å²) >= 11 is 0. The van der Waals surface area contributed by atoms with Gasteiger partial charge in [-0.05, 0) is 25.8 Å². The van der Waals surface area contributed by atoms with Gasteiger partial charge in [0.1, 0.15) is 0 Å². The van der Waals surface area contributed by atoms with Gasteiger partial charge >= 0.3 is 5.97 Å². The second-order valence-electron chi connectivity index (χ2n) is 4.57. The minimum absolute atomic E-state index is 0.0441. The summed E-state index contributed by atoms with van der Waals surface area (Å²) in [6.07, 6.45) is 0.568. The molecule has 1 fully saturated rings. The number of esters is 1. The molecular weight excluding hydrogens is 240 g/mol. The van der Waals surface area contributed by atoms with E-state index in [9.17, 15) is 13.6 Å². The van der Waals surface area contributed by atoms with E-state index in [2.05, 4.69) is 0 Å². The molecule has 0 saturated heterocycles. The lowest BCUT2D eigenvalue weighted by Crippen LogP contribution is -2.55. The Labute approximate surface area is 104 Å². The number of hydrogen-bond donors (Lipinski definition) is 1. The van der Waals surface area contributed by atoms with Crippen LogP contribution in [0.5, 0.6) is 0 Å². The number of rotatable bonds is 3. The first kappa shape index (κ1) is 13.0. The van der Waals surface area contributed by atoms with Gasteiger partial charge in [-0.2, -0.15) is 0 Å². The number of ether oxygens (including phenoxy) is 1. The number of hydrogen-bond acceptors (Lipinski definition) is 3. The van der Waals surface area contributed by atoms with Crippen LogP contribution in [0.15, 0.2) is 18.2 Å². The first-order valence-corrected chi connectivity index (χ1v) is 5.88. The number of benzene rings is 1. The highest BCUT2D eigenvalue weighted by atomic mass is 19.2. The van der Waals surface area contributed by atoms with Gasteiger partial charge < -0.3 is 10.5 Å². The van der Waals surface area contributed by atoms with Crippen molar-refractivity contribution in [3.05, 3.63) is 35.4 Å². The molecule has 0 bridgehead atoms. The maximum Gasteiger partial charge on any atom is 0.316 e. The molecule has 98 valence electrons. The molecule has 0 atom stereocenters. The van der Waals surface area contributed by atoms with Gasteiger partial charge in [-0.25, -0.2) is 8.78 Å². The smallest absolute Gasteiger partial charge is 0.316 e. The van der Waals surface area contributed by atoms with Crippen LogP contribution < -0.4 is 5.73 Å². The summed E-state index contributed by atoms with van der Waals surface area (Å²) in [7, 11) is 0. The van der Waals surface area contributed by atoms with Crippen LogP contribution in [-0.4, -0.2) is 18.6 Å². The second kappa shape index (κ2) is 4.65. The minimum Gasteiger partial charge on any atom is -0.465 e. The molecule has 2 rings (SSSR count). The molecule has 1 aromatic rings. The summed E-state index contributed by atoms with van der Waals surface area (Å²) in [4.78, 5) is 12.0. The molecule has 0 aromatic heterocycles. The molecule has 0 radical (unpaired) electrons. The van der Waals surface area contributed by atoms with E-state index in [1.807, 2.05) is 0 Å². The predicted octanol–water partition coefficient (Wildman–Crippen LogP) is 1.89. The average Bonchev–Trinajstić information content (AvgIpc) is 2.29. The SMILES string of the molecule is CCOC(=O)C1(c2cccc(F)c2F)CC(N)C1. The van der Waals surface area contributed by atoms with Crippen LogP contribution in [0.4, 0.5) is 8.78 Å². The molecule has 1 saturated carbocycles. The monoisotopic (exact) mass is 255 g/mol. The molecule has 18 heavy (non-hydrogen) atoms. The lowest BCUT2D eigenvalue weighted by molar-refractivity contribution is -0.154. The van der Waals surface area contributed by atoms with Crippen LogP contribution in [0.1, 0.15) is 25.3 Å². The fraction of sp³-hybridized carbons (Fsp3) is 0.462. The van der Waals surface area contributed by atoms with E-state index in [0.717, 1.165) is 6.07 Å². The van der Waals surface area contributed by atoms with Crippen molar-refractivity contribution in [2.24, 2.45) is 5.73 Å². The highest BCUT2D eigenvalue weighted by Gasteiger charge is 2.53. The van der Waals surface area contributed by atoms with Gasteiger partial charge in [-0.1, -0.05) is 12.1 Å². The van der Waals surface area contributed by atoms with Gasteiger partial charge in [-0.3, -0.25) is 4.79 Å². The van der Waals surface area contributed by atoms with Crippen molar-refractivity contribution in [3.63, 3.8) is 0 Å². The van der Waals surface area contributed by atoms with Gasteiger partial charge in [0.25, 0.3) is 0 Å². The van der Waals surface area contributed by atoms with Crippen molar-refractivity contribution in [1.29, 1.82) is 0 Å². The summed E-state index contributed by atoms with van der Waals surface area (Å²) in [5.41, 5.74) is 4.61. The molecule has 2 N–H and O–H groups in total. The Bertz CT molecular complexity index is 470. The fourth-order valence-corrected chi connectivity index (χ4v) is 2.47. The Morgan fingerprint density at radius 3 is 2.72 bits per heavy atom. The number of carbonyl (C=O) groups is 1. The fourth-order valence-electron chi connectivity index (χ4n) is 2.47. The third kappa shape index (κ3) is 1.88. The molecule has 0 aliphatic heterocycles. The first-order chi connectivity index (χ1) is 8.51. The number of nitrogens with two attached hydrogens (primary N) is 1. The zero-order chi connectivity index (χ0) is 13.3. The van der Waals surface area contributed by atoms with E-state index < -0.39 is 23.0 Å². The maximum absolute atomic E-state index is 13.8. The summed E-state index contributed by atoms with van der Waals surface area (Å²) in [6.45, 7) is 1.87. The van der Waals surface area contributed by atoms with E-state index in [-0.39, 0.29) is 31.1 Å². The Hall–Kier alpha value is -1.49. The first-order valence-electron chi connectivity index (χ1n) is 5.88.